The molecular formula is C22H26BrFN2O2. The lowest BCUT2D eigenvalue weighted by molar-refractivity contribution is -0.139. The third kappa shape index (κ3) is 5.11. The monoisotopic (exact) mass is 448 g/mol. The molecule has 0 aliphatic carbocycles. The van der Waals surface area contributed by atoms with Crippen molar-refractivity contribution in [1.82, 2.24) is 9.80 Å². The van der Waals surface area contributed by atoms with Crippen LogP contribution < -0.4 is 4.74 Å². The van der Waals surface area contributed by atoms with Crippen LogP contribution in [0.3, 0.4) is 0 Å². The third-order valence-corrected chi connectivity index (χ3v) is 6.12. The maximum Gasteiger partial charge on any atom is 0.260 e. The number of hydrogen-bond donors (Lipinski definition) is 0. The predicted octanol–water partition coefficient (Wildman–Crippen LogP) is 4.40. The highest BCUT2D eigenvalue weighted by Crippen LogP contribution is 2.22. The zero-order valence-electron chi connectivity index (χ0n) is 16.5. The van der Waals surface area contributed by atoms with Gasteiger partial charge in [-0.1, -0.05) is 28.1 Å². The van der Waals surface area contributed by atoms with E-state index in [0.29, 0.717) is 12.3 Å². The van der Waals surface area contributed by atoms with Crippen molar-refractivity contribution in [3.63, 3.8) is 0 Å². The minimum atomic E-state index is -0.221. The summed E-state index contributed by atoms with van der Waals surface area (Å²) < 4.78 is 19.8. The Hall–Kier alpha value is -1.92. The SMILES string of the molecule is Cc1cc(OCC(=O)N2C[C@@H](C)N(Cc3ccc(F)cc3)C[C@@H]2C)ccc1Br. The summed E-state index contributed by atoms with van der Waals surface area (Å²) >= 11 is 3.47. The second-order valence-electron chi connectivity index (χ2n) is 7.50. The van der Waals surface area contributed by atoms with Crippen LogP contribution in [-0.4, -0.2) is 47.5 Å². The fraction of sp³-hybridized carbons (Fsp3) is 0.409. The quantitative estimate of drug-likeness (QED) is 0.679. The third-order valence-electron chi connectivity index (χ3n) is 5.23. The first-order valence-electron chi connectivity index (χ1n) is 9.50. The maximum atomic E-state index is 13.1. The molecule has 2 aromatic rings. The summed E-state index contributed by atoms with van der Waals surface area (Å²) in [6.07, 6.45) is 0. The first-order chi connectivity index (χ1) is 13.3. The van der Waals surface area contributed by atoms with E-state index in [0.717, 1.165) is 28.7 Å². The summed E-state index contributed by atoms with van der Waals surface area (Å²) in [4.78, 5) is 16.9. The topological polar surface area (TPSA) is 32.8 Å². The number of ether oxygens (including phenoxy) is 1. The molecule has 2 aromatic carbocycles. The normalized spacial score (nSPS) is 20.2. The van der Waals surface area contributed by atoms with E-state index in [1.165, 1.54) is 12.1 Å². The fourth-order valence-electron chi connectivity index (χ4n) is 3.53. The molecule has 3 rings (SSSR count). The summed E-state index contributed by atoms with van der Waals surface area (Å²) in [5.74, 6) is 0.479. The summed E-state index contributed by atoms with van der Waals surface area (Å²) in [6.45, 7) is 8.40. The Labute approximate surface area is 174 Å². The van der Waals surface area contributed by atoms with Gasteiger partial charge in [0.05, 0.1) is 0 Å². The van der Waals surface area contributed by atoms with Gasteiger partial charge < -0.3 is 9.64 Å². The van der Waals surface area contributed by atoms with Crippen LogP contribution in [0.25, 0.3) is 0 Å². The van der Waals surface area contributed by atoms with Crippen molar-refractivity contribution in [3.05, 3.63) is 63.9 Å². The van der Waals surface area contributed by atoms with Gasteiger partial charge in [0.1, 0.15) is 11.6 Å². The largest absolute Gasteiger partial charge is 0.484 e. The lowest BCUT2D eigenvalue weighted by atomic mass is 10.1. The molecule has 1 fully saturated rings. The Morgan fingerprint density at radius 2 is 1.86 bits per heavy atom. The van der Waals surface area contributed by atoms with Crippen molar-refractivity contribution in [3.8, 4) is 5.75 Å². The highest BCUT2D eigenvalue weighted by Gasteiger charge is 2.32. The molecule has 0 bridgehead atoms. The van der Waals surface area contributed by atoms with Gasteiger partial charge in [-0.3, -0.25) is 9.69 Å². The number of piperazine rings is 1. The van der Waals surface area contributed by atoms with Crippen LogP contribution in [0, 0.1) is 12.7 Å². The van der Waals surface area contributed by atoms with Gasteiger partial charge >= 0.3 is 0 Å². The van der Waals surface area contributed by atoms with Crippen LogP contribution in [0.5, 0.6) is 5.75 Å². The number of aryl methyl sites for hydroxylation is 1. The van der Waals surface area contributed by atoms with E-state index >= 15 is 0 Å². The number of hydrogen-bond acceptors (Lipinski definition) is 3. The molecule has 0 aromatic heterocycles. The minimum Gasteiger partial charge on any atom is -0.484 e. The molecule has 1 amide bonds. The molecule has 28 heavy (non-hydrogen) atoms. The summed E-state index contributed by atoms with van der Waals surface area (Å²) in [6, 6.07) is 12.6. The Morgan fingerprint density at radius 3 is 2.54 bits per heavy atom. The molecule has 1 saturated heterocycles. The number of carbonyl (C=O) groups is 1. The van der Waals surface area contributed by atoms with Gasteiger partial charge in [-0.25, -0.2) is 4.39 Å². The molecule has 150 valence electrons. The lowest BCUT2D eigenvalue weighted by Crippen LogP contribution is -2.58. The zero-order valence-corrected chi connectivity index (χ0v) is 18.1. The Morgan fingerprint density at radius 1 is 1.14 bits per heavy atom. The zero-order chi connectivity index (χ0) is 20.3. The van der Waals surface area contributed by atoms with Crippen molar-refractivity contribution in [1.29, 1.82) is 0 Å². The molecule has 0 radical (unpaired) electrons. The molecule has 1 aliphatic heterocycles. The maximum absolute atomic E-state index is 13.1. The number of amides is 1. The first kappa shape index (κ1) is 20.8. The van der Waals surface area contributed by atoms with E-state index in [1.807, 2.05) is 42.2 Å². The average Bonchev–Trinajstić information content (AvgIpc) is 2.67. The molecule has 2 atom stereocenters. The highest BCUT2D eigenvalue weighted by atomic mass is 79.9. The van der Waals surface area contributed by atoms with Crippen molar-refractivity contribution < 1.29 is 13.9 Å². The van der Waals surface area contributed by atoms with E-state index in [1.54, 1.807) is 0 Å². The summed E-state index contributed by atoms with van der Waals surface area (Å²) in [7, 11) is 0. The van der Waals surface area contributed by atoms with Crippen molar-refractivity contribution in [2.75, 3.05) is 19.7 Å². The van der Waals surface area contributed by atoms with E-state index in [-0.39, 0.29) is 30.4 Å². The molecule has 0 spiro atoms. The van der Waals surface area contributed by atoms with Gasteiger partial charge in [-0.05, 0) is 62.2 Å². The second kappa shape index (κ2) is 9.05. The molecule has 6 heteroatoms. The van der Waals surface area contributed by atoms with Crippen LogP contribution in [0.1, 0.15) is 25.0 Å². The molecule has 0 N–H and O–H groups in total. The van der Waals surface area contributed by atoms with Crippen LogP contribution in [0.15, 0.2) is 46.9 Å². The Bertz CT molecular complexity index is 828. The predicted molar refractivity (Wildman–Crippen MR) is 112 cm³/mol. The summed E-state index contributed by atoms with van der Waals surface area (Å²) in [5.41, 5.74) is 2.15. The Balaban J connectivity index is 1.56. The van der Waals surface area contributed by atoms with E-state index in [9.17, 15) is 9.18 Å². The van der Waals surface area contributed by atoms with E-state index < -0.39 is 0 Å². The average molecular weight is 449 g/mol. The number of carbonyl (C=O) groups excluding carboxylic acids is 1. The van der Waals surface area contributed by atoms with Gasteiger partial charge in [-0.15, -0.1) is 0 Å². The number of rotatable bonds is 5. The van der Waals surface area contributed by atoms with Gasteiger partial charge in [0, 0.05) is 36.2 Å². The van der Waals surface area contributed by atoms with Gasteiger partial charge in [0.25, 0.3) is 5.91 Å². The van der Waals surface area contributed by atoms with Crippen molar-refractivity contribution in [2.45, 2.75) is 39.4 Å². The molecular weight excluding hydrogens is 423 g/mol. The fourth-order valence-corrected chi connectivity index (χ4v) is 3.77. The van der Waals surface area contributed by atoms with Crippen LogP contribution in [-0.2, 0) is 11.3 Å². The smallest absolute Gasteiger partial charge is 0.260 e. The van der Waals surface area contributed by atoms with Gasteiger partial charge in [0.15, 0.2) is 6.61 Å². The minimum absolute atomic E-state index is 0.00125. The van der Waals surface area contributed by atoms with Gasteiger partial charge in [0.2, 0.25) is 0 Å². The molecule has 4 nitrogen and oxygen atoms in total. The van der Waals surface area contributed by atoms with Crippen LogP contribution >= 0.6 is 15.9 Å². The number of nitrogens with zero attached hydrogens (tertiary/aromatic N) is 2. The van der Waals surface area contributed by atoms with Crippen molar-refractivity contribution in [2.24, 2.45) is 0 Å². The highest BCUT2D eigenvalue weighted by molar-refractivity contribution is 9.10. The number of halogens is 2. The van der Waals surface area contributed by atoms with Gasteiger partial charge in [-0.2, -0.15) is 0 Å². The van der Waals surface area contributed by atoms with Crippen molar-refractivity contribution >= 4 is 21.8 Å². The molecule has 0 unspecified atom stereocenters. The van der Waals surface area contributed by atoms with Crippen LogP contribution in [0.4, 0.5) is 4.39 Å². The molecule has 1 heterocycles. The Kier molecular flexibility index (Phi) is 6.73. The van der Waals surface area contributed by atoms with E-state index in [4.69, 9.17) is 4.74 Å². The summed E-state index contributed by atoms with van der Waals surface area (Å²) in [5, 5.41) is 0. The first-order valence-corrected chi connectivity index (χ1v) is 10.3. The van der Waals surface area contributed by atoms with E-state index in [2.05, 4.69) is 34.7 Å². The molecule has 0 saturated carbocycles. The lowest BCUT2D eigenvalue weighted by Gasteiger charge is -2.44. The number of benzene rings is 2. The molecule has 1 aliphatic rings. The standard InChI is InChI=1S/C22H26BrFN2O2/c1-15-10-20(8-9-21(15)23)28-14-22(27)26-12-16(2)25(11-17(26)3)13-18-4-6-19(24)7-5-18/h4-10,16-17H,11-14H2,1-3H3/t16-,17+/m1/s1. The van der Waals surface area contributed by atoms with Crippen LogP contribution in [0.2, 0.25) is 0 Å². The second-order valence-corrected chi connectivity index (χ2v) is 8.35.